The number of rotatable bonds is 4. The summed E-state index contributed by atoms with van der Waals surface area (Å²) in [6.07, 6.45) is 3.69. The molecule has 0 unspecified atom stereocenters. The van der Waals surface area contributed by atoms with Crippen molar-refractivity contribution in [3.63, 3.8) is 0 Å². The predicted molar refractivity (Wildman–Crippen MR) is 86.0 cm³/mol. The van der Waals surface area contributed by atoms with E-state index >= 15 is 0 Å². The highest BCUT2D eigenvalue weighted by molar-refractivity contribution is 6.33. The molecule has 2 heterocycles. The number of halogens is 1. The number of aromatic nitrogens is 1. The molecule has 2 N–H and O–H groups in total. The first kappa shape index (κ1) is 16.0. The Labute approximate surface area is 131 Å². The standard InChI is InChI=1S/C15H23ClN4O/c1-15(4-6-20(3)7-5-15)10-19-14(21)11-8-13(17-2)18-9-12(11)16/h8-9H,4-7,10H2,1-3H3,(H,17,18)(H,19,21). The maximum Gasteiger partial charge on any atom is 0.253 e. The summed E-state index contributed by atoms with van der Waals surface area (Å²) in [6, 6.07) is 1.68. The summed E-state index contributed by atoms with van der Waals surface area (Å²) in [6.45, 7) is 5.05. The third-order valence-corrected chi connectivity index (χ3v) is 4.53. The number of pyridine rings is 1. The maximum absolute atomic E-state index is 12.3. The number of anilines is 1. The van der Waals surface area contributed by atoms with Crippen molar-refractivity contribution < 1.29 is 4.79 Å². The topological polar surface area (TPSA) is 57.3 Å². The number of carbonyl (C=O) groups excluding carboxylic acids is 1. The molecule has 0 radical (unpaired) electrons. The van der Waals surface area contributed by atoms with Gasteiger partial charge in [0, 0.05) is 19.8 Å². The summed E-state index contributed by atoms with van der Waals surface area (Å²) in [5, 5.41) is 6.31. The molecule has 0 spiro atoms. The summed E-state index contributed by atoms with van der Waals surface area (Å²) < 4.78 is 0. The number of hydrogen-bond acceptors (Lipinski definition) is 4. The van der Waals surface area contributed by atoms with E-state index in [0.29, 0.717) is 22.9 Å². The normalized spacial score (nSPS) is 18.3. The Balaban J connectivity index is 1.98. The Kier molecular flexibility index (Phi) is 5.06. The van der Waals surface area contributed by atoms with Crippen molar-refractivity contribution in [2.45, 2.75) is 19.8 Å². The number of nitrogens with one attached hydrogen (secondary N) is 2. The lowest BCUT2D eigenvalue weighted by atomic mass is 9.80. The third-order valence-electron chi connectivity index (χ3n) is 4.23. The fourth-order valence-electron chi connectivity index (χ4n) is 2.47. The van der Waals surface area contributed by atoms with E-state index in [4.69, 9.17) is 11.6 Å². The van der Waals surface area contributed by atoms with Crippen molar-refractivity contribution in [1.29, 1.82) is 0 Å². The van der Waals surface area contributed by atoms with E-state index in [9.17, 15) is 4.79 Å². The molecule has 1 aliphatic heterocycles. The highest BCUT2D eigenvalue weighted by Gasteiger charge is 2.29. The van der Waals surface area contributed by atoms with Crippen LogP contribution in [0.25, 0.3) is 0 Å². The van der Waals surface area contributed by atoms with Crippen molar-refractivity contribution in [3.05, 3.63) is 22.8 Å². The number of nitrogens with zero attached hydrogens (tertiary/aromatic N) is 2. The fraction of sp³-hybridized carbons (Fsp3) is 0.600. The molecule has 116 valence electrons. The van der Waals surface area contributed by atoms with Crippen LogP contribution in [0, 0.1) is 5.41 Å². The van der Waals surface area contributed by atoms with Crippen LogP contribution in [0.3, 0.4) is 0 Å². The fourth-order valence-corrected chi connectivity index (χ4v) is 2.66. The van der Waals surface area contributed by atoms with Crippen molar-refractivity contribution >= 4 is 23.3 Å². The van der Waals surface area contributed by atoms with Gasteiger partial charge in [-0.25, -0.2) is 4.98 Å². The zero-order valence-corrected chi connectivity index (χ0v) is 13.6. The van der Waals surface area contributed by atoms with E-state index in [1.54, 1.807) is 13.1 Å². The van der Waals surface area contributed by atoms with Gasteiger partial charge >= 0.3 is 0 Å². The molecular formula is C15H23ClN4O. The Bertz CT molecular complexity index is 512. The molecule has 1 aliphatic rings. The van der Waals surface area contributed by atoms with Gasteiger partial charge in [-0.2, -0.15) is 0 Å². The summed E-state index contributed by atoms with van der Waals surface area (Å²) in [4.78, 5) is 18.7. The van der Waals surface area contributed by atoms with Crippen LogP contribution in [0.2, 0.25) is 5.02 Å². The van der Waals surface area contributed by atoms with E-state index in [1.165, 1.54) is 6.20 Å². The van der Waals surface area contributed by atoms with E-state index in [-0.39, 0.29) is 11.3 Å². The van der Waals surface area contributed by atoms with Gasteiger partial charge in [-0.05, 0) is 44.5 Å². The molecule has 21 heavy (non-hydrogen) atoms. The molecule has 2 rings (SSSR count). The first-order chi connectivity index (χ1) is 9.93. The number of carbonyl (C=O) groups is 1. The SMILES string of the molecule is CNc1cc(C(=O)NCC2(C)CCN(C)CC2)c(Cl)cn1. The molecule has 1 fully saturated rings. The van der Waals surface area contributed by atoms with Crippen LogP contribution in [0.1, 0.15) is 30.1 Å². The summed E-state index contributed by atoms with van der Waals surface area (Å²) in [5.74, 6) is 0.495. The second-order valence-corrected chi connectivity index (χ2v) is 6.50. The Hall–Kier alpha value is -1.33. The van der Waals surface area contributed by atoms with Gasteiger partial charge in [0.1, 0.15) is 5.82 Å². The van der Waals surface area contributed by atoms with Crippen molar-refractivity contribution in [1.82, 2.24) is 15.2 Å². The van der Waals surface area contributed by atoms with E-state index in [1.807, 2.05) is 0 Å². The molecule has 6 heteroatoms. The average Bonchev–Trinajstić information content (AvgIpc) is 2.49. The smallest absolute Gasteiger partial charge is 0.253 e. The Morgan fingerprint density at radius 2 is 2.14 bits per heavy atom. The number of amides is 1. The van der Waals surface area contributed by atoms with Crippen LogP contribution in [-0.4, -0.2) is 49.5 Å². The van der Waals surface area contributed by atoms with Crippen LogP contribution in [0.15, 0.2) is 12.3 Å². The molecule has 1 saturated heterocycles. The maximum atomic E-state index is 12.3. The number of likely N-dealkylation sites (tertiary alicyclic amines) is 1. The lowest BCUT2D eigenvalue weighted by molar-refractivity contribution is 0.0891. The number of hydrogen-bond donors (Lipinski definition) is 2. The zero-order valence-electron chi connectivity index (χ0n) is 12.9. The lowest BCUT2D eigenvalue weighted by Gasteiger charge is -2.38. The second-order valence-electron chi connectivity index (χ2n) is 6.10. The van der Waals surface area contributed by atoms with Crippen LogP contribution in [0.5, 0.6) is 0 Å². The molecular weight excluding hydrogens is 288 g/mol. The van der Waals surface area contributed by atoms with Gasteiger partial charge in [0.15, 0.2) is 0 Å². The molecule has 1 aromatic heterocycles. The lowest BCUT2D eigenvalue weighted by Crippen LogP contribution is -2.43. The number of piperidine rings is 1. The van der Waals surface area contributed by atoms with Crippen LogP contribution >= 0.6 is 11.6 Å². The van der Waals surface area contributed by atoms with Gasteiger partial charge in [-0.3, -0.25) is 4.79 Å². The highest BCUT2D eigenvalue weighted by atomic mass is 35.5. The van der Waals surface area contributed by atoms with Gasteiger partial charge in [0.25, 0.3) is 5.91 Å². The van der Waals surface area contributed by atoms with E-state index in [0.717, 1.165) is 25.9 Å². The molecule has 0 atom stereocenters. The van der Waals surface area contributed by atoms with Gasteiger partial charge < -0.3 is 15.5 Å². The van der Waals surface area contributed by atoms with Crippen LogP contribution in [-0.2, 0) is 0 Å². The first-order valence-electron chi connectivity index (χ1n) is 7.23. The van der Waals surface area contributed by atoms with E-state index < -0.39 is 0 Å². The zero-order chi connectivity index (χ0) is 15.5. The molecule has 0 aliphatic carbocycles. The van der Waals surface area contributed by atoms with Crippen molar-refractivity contribution in [2.24, 2.45) is 5.41 Å². The molecule has 0 saturated carbocycles. The molecule has 0 aromatic carbocycles. The quantitative estimate of drug-likeness (QED) is 0.895. The Morgan fingerprint density at radius 3 is 2.76 bits per heavy atom. The highest BCUT2D eigenvalue weighted by Crippen LogP contribution is 2.29. The summed E-state index contributed by atoms with van der Waals surface area (Å²) >= 11 is 6.07. The summed E-state index contributed by atoms with van der Waals surface area (Å²) in [7, 11) is 3.89. The van der Waals surface area contributed by atoms with Gasteiger partial charge in [0.05, 0.1) is 10.6 Å². The van der Waals surface area contributed by atoms with Gasteiger partial charge in [0.2, 0.25) is 0 Å². The molecule has 5 nitrogen and oxygen atoms in total. The molecule has 1 amide bonds. The third kappa shape index (κ3) is 4.08. The average molecular weight is 311 g/mol. The predicted octanol–water partition coefficient (Wildman–Crippen LogP) is 2.24. The van der Waals surface area contributed by atoms with Crippen molar-refractivity contribution in [3.8, 4) is 0 Å². The van der Waals surface area contributed by atoms with Crippen LogP contribution in [0.4, 0.5) is 5.82 Å². The minimum absolute atomic E-state index is 0.140. The van der Waals surface area contributed by atoms with Gasteiger partial charge in [-0.15, -0.1) is 0 Å². The van der Waals surface area contributed by atoms with E-state index in [2.05, 4.69) is 34.5 Å². The minimum atomic E-state index is -0.140. The largest absolute Gasteiger partial charge is 0.373 e. The van der Waals surface area contributed by atoms with Gasteiger partial charge in [-0.1, -0.05) is 18.5 Å². The molecule has 0 bridgehead atoms. The second kappa shape index (κ2) is 6.62. The summed E-state index contributed by atoms with van der Waals surface area (Å²) in [5.41, 5.74) is 0.626. The Morgan fingerprint density at radius 1 is 1.48 bits per heavy atom. The first-order valence-corrected chi connectivity index (χ1v) is 7.61. The minimum Gasteiger partial charge on any atom is -0.373 e. The van der Waals surface area contributed by atoms with Crippen molar-refractivity contribution in [2.75, 3.05) is 39.0 Å². The van der Waals surface area contributed by atoms with Crippen LogP contribution < -0.4 is 10.6 Å². The monoisotopic (exact) mass is 310 g/mol. The molecule has 1 aromatic rings.